The van der Waals surface area contributed by atoms with Crippen LogP contribution < -0.4 is 10.1 Å². The highest BCUT2D eigenvalue weighted by atomic mass is 16.6. The Labute approximate surface area is 87.3 Å². The Kier molecular flexibility index (Phi) is 4.59. The Bertz CT molecular complexity index is 302. The highest BCUT2D eigenvalue weighted by Crippen LogP contribution is 2.07. The Hall–Kier alpha value is -1.59. The number of aliphatic hydroxyl groups excluding tert-OH is 2. The Morgan fingerprint density at radius 1 is 1.40 bits per heavy atom. The summed E-state index contributed by atoms with van der Waals surface area (Å²) < 4.78 is 4.87. The molecule has 1 atom stereocenters. The molecule has 1 amide bonds. The van der Waals surface area contributed by atoms with Crippen molar-refractivity contribution in [3.63, 3.8) is 0 Å². The number of nitrogens with one attached hydrogen (secondary N) is 1. The van der Waals surface area contributed by atoms with Crippen LogP contribution in [0.25, 0.3) is 0 Å². The molecule has 3 N–H and O–H groups in total. The Morgan fingerprint density at radius 3 is 2.67 bits per heavy atom. The van der Waals surface area contributed by atoms with E-state index in [1.165, 1.54) is 0 Å². The lowest BCUT2D eigenvalue weighted by molar-refractivity contribution is 0.0937. The van der Waals surface area contributed by atoms with Crippen molar-refractivity contribution in [2.75, 3.05) is 13.2 Å². The molecule has 0 heterocycles. The van der Waals surface area contributed by atoms with E-state index in [4.69, 9.17) is 14.9 Å². The van der Waals surface area contributed by atoms with Gasteiger partial charge in [0.2, 0.25) is 0 Å². The molecule has 0 aliphatic rings. The number of aliphatic hydroxyl groups is 2. The quantitative estimate of drug-likeness (QED) is 0.661. The van der Waals surface area contributed by atoms with Crippen LogP contribution in [0.1, 0.15) is 0 Å². The molecule has 5 nitrogen and oxygen atoms in total. The van der Waals surface area contributed by atoms with E-state index in [1.807, 2.05) is 0 Å². The number of rotatable bonds is 4. The van der Waals surface area contributed by atoms with Gasteiger partial charge in [-0.2, -0.15) is 0 Å². The second-order valence-electron chi connectivity index (χ2n) is 2.92. The fourth-order valence-electron chi connectivity index (χ4n) is 0.897. The predicted octanol–water partition coefficient (Wildman–Crippen LogP) is 0.128. The number of benzene rings is 1. The smallest absolute Gasteiger partial charge is 0.410 e. The first kappa shape index (κ1) is 11.5. The largest absolute Gasteiger partial charge is 0.412 e. The zero-order valence-corrected chi connectivity index (χ0v) is 8.09. The fraction of sp³-hybridized carbons (Fsp3) is 0.300. The summed E-state index contributed by atoms with van der Waals surface area (Å²) in [5, 5.41) is 19.8. The number of carbonyl (C=O) groups is 1. The predicted molar refractivity (Wildman–Crippen MR) is 53.6 cm³/mol. The summed E-state index contributed by atoms with van der Waals surface area (Å²) in [6, 6.07) is 8.57. The monoisotopic (exact) mass is 211 g/mol. The first-order valence-corrected chi connectivity index (χ1v) is 4.52. The number of hydrogen-bond donors (Lipinski definition) is 3. The number of ether oxygens (including phenoxy) is 1. The molecular formula is C10H13NO4. The molecule has 15 heavy (non-hydrogen) atoms. The third kappa shape index (κ3) is 4.44. The van der Waals surface area contributed by atoms with Crippen LogP contribution in [0.3, 0.4) is 0 Å². The first-order valence-electron chi connectivity index (χ1n) is 4.52. The summed E-state index contributed by atoms with van der Waals surface area (Å²) in [4.78, 5) is 11.1. The van der Waals surface area contributed by atoms with E-state index in [0.29, 0.717) is 5.75 Å². The van der Waals surface area contributed by atoms with Crippen LogP contribution in [0.15, 0.2) is 30.3 Å². The van der Waals surface area contributed by atoms with Gasteiger partial charge in [-0.25, -0.2) is 4.79 Å². The molecule has 0 bridgehead atoms. The minimum absolute atomic E-state index is 0.0395. The average molecular weight is 211 g/mol. The highest BCUT2D eigenvalue weighted by molar-refractivity contribution is 5.70. The maximum Gasteiger partial charge on any atom is 0.412 e. The molecule has 0 saturated heterocycles. The molecular weight excluding hydrogens is 198 g/mol. The number of para-hydroxylation sites is 1. The summed E-state index contributed by atoms with van der Waals surface area (Å²) in [5.41, 5.74) is 0. The van der Waals surface area contributed by atoms with Crippen LogP contribution in [0.5, 0.6) is 5.75 Å². The van der Waals surface area contributed by atoms with E-state index < -0.39 is 18.8 Å². The standard InChI is InChI=1S/C10H13NO4/c12-7-8(13)6-11-10(14)15-9-4-2-1-3-5-9/h1-5,8,12-13H,6-7H2,(H,11,14). The van der Waals surface area contributed by atoms with Crippen molar-refractivity contribution in [1.29, 1.82) is 0 Å². The number of carbonyl (C=O) groups excluding carboxylic acids is 1. The summed E-state index contributed by atoms with van der Waals surface area (Å²) >= 11 is 0. The van der Waals surface area contributed by atoms with Crippen molar-refractivity contribution in [3.8, 4) is 5.75 Å². The third-order valence-electron chi connectivity index (χ3n) is 1.65. The minimum atomic E-state index is -0.965. The Balaban J connectivity index is 2.31. The van der Waals surface area contributed by atoms with E-state index in [9.17, 15) is 4.79 Å². The van der Waals surface area contributed by atoms with Crippen LogP contribution in [-0.4, -0.2) is 35.6 Å². The number of hydrogen-bond acceptors (Lipinski definition) is 4. The van der Waals surface area contributed by atoms with Gasteiger partial charge in [0.1, 0.15) is 5.75 Å². The lowest BCUT2D eigenvalue weighted by Crippen LogP contribution is -2.35. The van der Waals surface area contributed by atoms with Gasteiger partial charge in [-0.15, -0.1) is 0 Å². The second kappa shape index (κ2) is 6.00. The normalized spacial score (nSPS) is 11.9. The van der Waals surface area contributed by atoms with Gasteiger partial charge in [0, 0.05) is 6.54 Å². The molecule has 0 fully saturated rings. The van der Waals surface area contributed by atoms with Gasteiger partial charge < -0.3 is 20.3 Å². The van der Waals surface area contributed by atoms with Gasteiger partial charge in [-0.05, 0) is 12.1 Å². The SMILES string of the molecule is O=C(NCC(O)CO)Oc1ccccc1. The highest BCUT2D eigenvalue weighted by Gasteiger charge is 2.06. The van der Waals surface area contributed by atoms with E-state index in [2.05, 4.69) is 5.32 Å². The molecule has 0 aliphatic heterocycles. The van der Waals surface area contributed by atoms with E-state index >= 15 is 0 Å². The fourth-order valence-corrected chi connectivity index (χ4v) is 0.897. The van der Waals surface area contributed by atoms with Crippen molar-refractivity contribution < 1.29 is 19.7 Å². The summed E-state index contributed by atoms with van der Waals surface area (Å²) in [6.07, 6.45) is -1.62. The zero-order valence-electron chi connectivity index (χ0n) is 8.09. The molecule has 1 rings (SSSR count). The minimum Gasteiger partial charge on any atom is -0.410 e. The molecule has 0 aromatic heterocycles. The van der Waals surface area contributed by atoms with Gasteiger partial charge in [-0.3, -0.25) is 0 Å². The molecule has 1 unspecified atom stereocenters. The molecule has 1 aromatic rings. The van der Waals surface area contributed by atoms with Crippen molar-refractivity contribution in [3.05, 3.63) is 30.3 Å². The summed E-state index contributed by atoms with van der Waals surface area (Å²) in [7, 11) is 0. The third-order valence-corrected chi connectivity index (χ3v) is 1.65. The lowest BCUT2D eigenvalue weighted by atomic mass is 10.3. The second-order valence-corrected chi connectivity index (χ2v) is 2.92. The van der Waals surface area contributed by atoms with Gasteiger partial charge in [-0.1, -0.05) is 18.2 Å². The maximum absolute atomic E-state index is 11.1. The van der Waals surface area contributed by atoms with Crippen molar-refractivity contribution >= 4 is 6.09 Å². The molecule has 82 valence electrons. The van der Waals surface area contributed by atoms with Crippen LogP contribution >= 0.6 is 0 Å². The van der Waals surface area contributed by atoms with E-state index in [1.54, 1.807) is 30.3 Å². The van der Waals surface area contributed by atoms with Crippen LogP contribution in [-0.2, 0) is 0 Å². The lowest BCUT2D eigenvalue weighted by Gasteiger charge is -2.09. The average Bonchev–Trinajstić information content (AvgIpc) is 2.27. The Morgan fingerprint density at radius 2 is 2.07 bits per heavy atom. The van der Waals surface area contributed by atoms with Gasteiger partial charge in [0.25, 0.3) is 0 Å². The maximum atomic E-state index is 11.1. The van der Waals surface area contributed by atoms with Gasteiger partial charge >= 0.3 is 6.09 Å². The summed E-state index contributed by atoms with van der Waals surface area (Å²) in [5.74, 6) is 0.425. The van der Waals surface area contributed by atoms with Crippen LogP contribution in [0, 0.1) is 0 Å². The molecule has 0 saturated carbocycles. The van der Waals surface area contributed by atoms with Crippen molar-refractivity contribution in [2.45, 2.75) is 6.10 Å². The molecule has 5 heteroatoms. The molecule has 0 radical (unpaired) electrons. The zero-order chi connectivity index (χ0) is 11.1. The van der Waals surface area contributed by atoms with Crippen molar-refractivity contribution in [2.24, 2.45) is 0 Å². The summed E-state index contributed by atoms with van der Waals surface area (Å²) in [6.45, 7) is -0.437. The van der Waals surface area contributed by atoms with Crippen molar-refractivity contribution in [1.82, 2.24) is 5.32 Å². The van der Waals surface area contributed by atoms with Crippen LogP contribution in [0.4, 0.5) is 4.79 Å². The van der Waals surface area contributed by atoms with E-state index in [-0.39, 0.29) is 6.54 Å². The van der Waals surface area contributed by atoms with Gasteiger partial charge in [0.05, 0.1) is 12.7 Å². The first-order chi connectivity index (χ1) is 7.22. The topological polar surface area (TPSA) is 78.8 Å². The molecule has 0 spiro atoms. The molecule has 0 aliphatic carbocycles. The molecule has 1 aromatic carbocycles. The van der Waals surface area contributed by atoms with Gasteiger partial charge in [0.15, 0.2) is 0 Å². The van der Waals surface area contributed by atoms with Crippen LogP contribution in [0.2, 0.25) is 0 Å². The van der Waals surface area contributed by atoms with E-state index in [0.717, 1.165) is 0 Å². The number of amides is 1.